The summed E-state index contributed by atoms with van der Waals surface area (Å²) in [6.07, 6.45) is 4.76. The molecule has 2 aromatic heterocycles. The molecule has 0 radical (unpaired) electrons. The molecule has 0 aliphatic heterocycles. The summed E-state index contributed by atoms with van der Waals surface area (Å²) in [7, 11) is -3.86. The number of rotatable bonds is 5. The van der Waals surface area contributed by atoms with E-state index in [0.29, 0.717) is 6.54 Å². The van der Waals surface area contributed by atoms with Gasteiger partial charge in [0.1, 0.15) is 12.1 Å². The first kappa shape index (κ1) is 15.1. The summed E-state index contributed by atoms with van der Waals surface area (Å²) in [5.41, 5.74) is 0.908. The SMILES string of the molecule is O=S(=O)(Nc1ncn(Cc2cccnc2)n1)c1ccc(F)cc1. The van der Waals surface area contributed by atoms with Gasteiger partial charge in [0.15, 0.2) is 0 Å². The van der Waals surface area contributed by atoms with E-state index in [2.05, 4.69) is 19.8 Å². The van der Waals surface area contributed by atoms with Crippen molar-refractivity contribution in [1.82, 2.24) is 19.7 Å². The highest BCUT2D eigenvalue weighted by molar-refractivity contribution is 7.92. The van der Waals surface area contributed by atoms with Gasteiger partial charge >= 0.3 is 0 Å². The fraction of sp³-hybridized carbons (Fsp3) is 0.0714. The lowest BCUT2D eigenvalue weighted by atomic mass is 10.3. The maximum atomic E-state index is 12.9. The van der Waals surface area contributed by atoms with E-state index in [0.717, 1.165) is 17.7 Å². The van der Waals surface area contributed by atoms with Crippen LogP contribution in [0, 0.1) is 5.82 Å². The molecular formula is C14H12FN5O2S. The van der Waals surface area contributed by atoms with Crippen LogP contribution in [0.3, 0.4) is 0 Å². The molecule has 0 bridgehead atoms. The van der Waals surface area contributed by atoms with Crippen LogP contribution in [0.1, 0.15) is 5.56 Å². The highest BCUT2D eigenvalue weighted by atomic mass is 32.2. The van der Waals surface area contributed by atoms with Crippen LogP contribution in [0.5, 0.6) is 0 Å². The zero-order valence-electron chi connectivity index (χ0n) is 11.8. The van der Waals surface area contributed by atoms with Gasteiger partial charge in [-0.25, -0.2) is 22.2 Å². The van der Waals surface area contributed by atoms with Gasteiger partial charge in [-0.3, -0.25) is 4.98 Å². The molecule has 0 aliphatic rings. The van der Waals surface area contributed by atoms with Gasteiger partial charge in [-0.05, 0) is 35.9 Å². The molecular weight excluding hydrogens is 321 g/mol. The Morgan fingerprint density at radius 3 is 2.65 bits per heavy atom. The number of nitrogens with one attached hydrogen (secondary N) is 1. The van der Waals surface area contributed by atoms with Gasteiger partial charge in [-0.2, -0.15) is 4.98 Å². The highest BCUT2D eigenvalue weighted by Crippen LogP contribution is 2.13. The molecule has 0 aliphatic carbocycles. The summed E-state index contributed by atoms with van der Waals surface area (Å²) in [5, 5.41) is 4.05. The minimum Gasteiger partial charge on any atom is -0.264 e. The maximum absolute atomic E-state index is 12.9. The standard InChI is InChI=1S/C14H12FN5O2S/c15-12-3-5-13(6-4-12)23(21,22)19-14-17-10-20(18-14)9-11-2-1-7-16-8-11/h1-8,10H,9H2,(H,18,19). The second-order valence-electron chi connectivity index (χ2n) is 4.69. The van der Waals surface area contributed by atoms with Crippen LogP contribution in [0.2, 0.25) is 0 Å². The van der Waals surface area contributed by atoms with Gasteiger partial charge in [-0.15, -0.1) is 5.10 Å². The van der Waals surface area contributed by atoms with Crippen LogP contribution in [0.25, 0.3) is 0 Å². The van der Waals surface area contributed by atoms with Crippen molar-refractivity contribution in [3.8, 4) is 0 Å². The van der Waals surface area contributed by atoms with E-state index in [1.54, 1.807) is 18.5 Å². The van der Waals surface area contributed by atoms with Crippen molar-refractivity contribution in [2.24, 2.45) is 0 Å². The number of hydrogen-bond acceptors (Lipinski definition) is 5. The Hall–Kier alpha value is -2.81. The molecule has 0 fully saturated rings. The number of halogens is 1. The van der Waals surface area contributed by atoms with E-state index < -0.39 is 15.8 Å². The first-order valence-corrected chi connectivity index (χ1v) is 8.08. The lowest BCUT2D eigenvalue weighted by molar-refractivity contribution is 0.599. The van der Waals surface area contributed by atoms with E-state index in [1.807, 2.05) is 6.07 Å². The first-order chi connectivity index (χ1) is 11.0. The van der Waals surface area contributed by atoms with Crippen LogP contribution in [-0.4, -0.2) is 28.2 Å². The number of pyridine rings is 1. The molecule has 118 valence electrons. The number of benzene rings is 1. The monoisotopic (exact) mass is 333 g/mol. The number of sulfonamides is 1. The lowest BCUT2D eigenvalue weighted by Gasteiger charge is -2.04. The zero-order valence-corrected chi connectivity index (χ0v) is 12.6. The van der Waals surface area contributed by atoms with Crippen molar-refractivity contribution in [2.75, 3.05) is 4.72 Å². The van der Waals surface area contributed by atoms with Gasteiger partial charge in [0.25, 0.3) is 16.0 Å². The van der Waals surface area contributed by atoms with Crippen molar-refractivity contribution >= 4 is 16.0 Å². The smallest absolute Gasteiger partial charge is 0.264 e. The Morgan fingerprint density at radius 2 is 1.96 bits per heavy atom. The Balaban J connectivity index is 1.74. The molecule has 0 unspecified atom stereocenters. The molecule has 7 nitrogen and oxygen atoms in total. The van der Waals surface area contributed by atoms with Crippen molar-refractivity contribution in [3.05, 3.63) is 66.5 Å². The molecule has 0 saturated carbocycles. The minimum absolute atomic E-state index is 0.0572. The summed E-state index contributed by atoms with van der Waals surface area (Å²) >= 11 is 0. The Kier molecular flexibility index (Phi) is 4.02. The lowest BCUT2D eigenvalue weighted by Crippen LogP contribution is -2.14. The van der Waals surface area contributed by atoms with E-state index in [9.17, 15) is 12.8 Å². The average Bonchev–Trinajstić information content (AvgIpc) is 2.95. The quantitative estimate of drug-likeness (QED) is 0.767. The van der Waals surface area contributed by atoms with Crippen molar-refractivity contribution in [2.45, 2.75) is 11.4 Å². The van der Waals surface area contributed by atoms with Gasteiger partial charge in [0.05, 0.1) is 11.4 Å². The van der Waals surface area contributed by atoms with Crippen LogP contribution in [0.15, 0.2) is 60.0 Å². The van der Waals surface area contributed by atoms with Crippen molar-refractivity contribution in [1.29, 1.82) is 0 Å². The number of hydrogen-bond donors (Lipinski definition) is 1. The fourth-order valence-electron chi connectivity index (χ4n) is 1.89. The third kappa shape index (κ3) is 3.69. The van der Waals surface area contributed by atoms with E-state index in [1.165, 1.54) is 23.1 Å². The van der Waals surface area contributed by atoms with Gasteiger partial charge in [0.2, 0.25) is 0 Å². The van der Waals surface area contributed by atoms with Crippen LogP contribution < -0.4 is 4.72 Å². The zero-order chi connectivity index (χ0) is 16.3. The van der Waals surface area contributed by atoms with E-state index in [-0.39, 0.29) is 10.8 Å². The summed E-state index contributed by atoms with van der Waals surface area (Å²) in [4.78, 5) is 7.83. The fourth-order valence-corrected chi connectivity index (χ4v) is 2.84. The van der Waals surface area contributed by atoms with Crippen molar-refractivity contribution < 1.29 is 12.8 Å². The molecule has 3 rings (SSSR count). The number of nitrogens with zero attached hydrogens (tertiary/aromatic N) is 4. The third-order valence-corrected chi connectivity index (χ3v) is 4.30. The molecule has 9 heteroatoms. The summed E-state index contributed by atoms with van der Waals surface area (Å²) in [6, 6.07) is 8.15. The van der Waals surface area contributed by atoms with Crippen LogP contribution in [0.4, 0.5) is 10.3 Å². The van der Waals surface area contributed by atoms with Crippen molar-refractivity contribution in [3.63, 3.8) is 0 Å². The summed E-state index contributed by atoms with van der Waals surface area (Å²) < 4.78 is 40.9. The minimum atomic E-state index is -3.86. The second-order valence-corrected chi connectivity index (χ2v) is 6.37. The second kappa shape index (κ2) is 6.13. The van der Waals surface area contributed by atoms with Gasteiger partial charge < -0.3 is 0 Å². The van der Waals surface area contributed by atoms with Crippen LogP contribution >= 0.6 is 0 Å². The molecule has 2 heterocycles. The molecule has 23 heavy (non-hydrogen) atoms. The Labute approximate surface area is 131 Å². The molecule has 0 saturated heterocycles. The predicted octanol–water partition coefficient (Wildman–Crippen LogP) is 1.66. The molecule has 0 atom stereocenters. The third-order valence-electron chi connectivity index (χ3n) is 2.95. The predicted molar refractivity (Wildman–Crippen MR) is 80.6 cm³/mol. The highest BCUT2D eigenvalue weighted by Gasteiger charge is 2.16. The molecule has 1 aromatic carbocycles. The summed E-state index contributed by atoms with van der Waals surface area (Å²) in [6.45, 7) is 0.416. The van der Waals surface area contributed by atoms with Crippen LogP contribution in [-0.2, 0) is 16.6 Å². The molecule has 1 N–H and O–H groups in total. The molecule has 3 aromatic rings. The Morgan fingerprint density at radius 1 is 1.17 bits per heavy atom. The number of anilines is 1. The largest absolute Gasteiger partial charge is 0.264 e. The number of aromatic nitrogens is 4. The Bertz CT molecular complexity index is 894. The summed E-state index contributed by atoms with van der Waals surface area (Å²) in [5.74, 6) is -0.568. The molecule has 0 amide bonds. The van der Waals surface area contributed by atoms with Gasteiger partial charge in [0, 0.05) is 12.4 Å². The maximum Gasteiger partial charge on any atom is 0.264 e. The first-order valence-electron chi connectivity index (χ1n) is 6.60. The van der Waals surface area contributed by atoms with Gasteiger partial charge in [-0.1, -0.05) is 6.07 Å². The van der Waals surface area contributed by atoms with E-state index >= 15 is 0 Å². The molecule has 0 spiro atoms. The van der Waals surface area contributed by atoms with E-state index in [4.69, 9.17) is 0 Å². The average molecular weight is 333 g/mol. The topological polar surface area (TPSA) is 89.8 Å². The normalized spacial score (nSPS) is 11.3.